The molecule has 2 aromatic heterocycles. The van der Waals surface area contributed by atoms with Crippen molar-refractivity contribution in [2.45, 2.75) is 13.8 Å². The maximum Gasteiger partial charge on any atom is 0.278 e. The normalized spacial score (nSPS) is 10.1. The molecule has 0 aliphatic carbocycles. The van der Waals surface area contributed by atoms with Gasteiger partial charge in [0.1, 0.15) is 5.69 Å². The van der Waals surface area contributed by atoms with E-state index in [1.165, 1.54) is 12.4 Å². The maximum atomic E-state index is 11.9. The molecule has 9 nitrogen and oxygen atoms in total. The minimum Gasteiger partial charge on any atom is -0.307 e. The first kappa shape index (κ1) is 12.8. The predicted octanol–water partition coefficient (Wildman–Crippen LogP) is -0.184. The third kappa shape index (κ3) is 2.96. The lowest BCUT2D eigenvalue weighted by atomic mass is 10.4. The minimum atomic E-state index is -0.491. The molecule has 0 atom stereocenters. The summed E-state index contributed by atoms with van der Waals surface area (Å²) in [7, 11) is 0. The van der Waals surface area contributed by atoms with Gasteiger partial charge in [-0.2, -0.15) is 5.10 Å². The van der Waals surface area contributed by atoms with Gasteiger partial charge >= 0.3 is 0 Å². The molecule has 98 valence electrons. The van der Waals surface area contributed by atoms with Crippen molar-refractivity contribution in [3.05, 3.63) is 29.5 Å². The summed E-state index contributed by atoms with van der Waals surface area (Å²) in [5.41, 5.74) is 3.79. The molecular weight excluding hydrogens is 248 g/mol. The second kappa shape index (κ2) is 5.31. The molecule has 9 heteroatoms. The predicted molar refractivity (Wildman–Crippen MR) is 67.1 cm³/mol. The van der Waals surface area contributed by atoms with Crippen molar-refractivity contribution >= 4 is 17.7 Å². The summed E-state index contributed by atoms with van der Waals surface area (Å²) >= 11 is 0. The number of anilines is 2. The molecule has 0 aromatic carbocycles. The smallest absolute Gasteiger partial charge is 0.278 e. The maximum absolute atomic E-state index is 11.9. The first-order valence-electron chi connectivity index (χ1n) is 5.38. The van der Waals surface area contributed by atoms with Gasteiger partial charge in [-0.3, -0.25) is 15.1 Å². The number of amides is 1. The number of nitrogens with two attached hydrogens (primary N) is 1. The van der Waals surface area contributed by atoms with Crippen molar-refractivity contribution in [1.29, 1.82) is 0 Å². The highest BCUT2D eigenvalue weighted by molar-refractivity contribution is 6.01. The van der Waals surface area contributed by atoms with E-state index >= 15 is 0 Å². The molecule has 2 aromatic rings. The van der Waals surface area contributed by atoms with Gasteiger partial charge < -0.3 is 5.43 Å². The van der Waals surface area contributed by atoms with Crippen LogP contribution in [-0.4, -0.2) is 31.1 Å². The molecule has 0 saturated heterocycles. The van der Waals surface area contributed by atoms with E-state index in [4.69, 9.17) is 5.84 Å². The van der Waals surface area contributed by atoms with Gasteiger partial charge in [-0.25, -0.2) is 15.8 Å². The molecule has 0 radical (unpaired) electrons. The molecular formula is C10H12N8O. The summed E-state index contributed by atoms with van der Waals surface area (Å²) in [5, 5.41) is 10.1. The summed E-state index contributed by atoms with van der Waals surface area (Å²) in [6, 6.07) is 0. The number of nitrogens with one attached hydrogen (secondary N) is 2. The van der Waals surface area contributed by atoms with E-state index in [1.807, 2.05) is 0 Å². The zero-order chi connectivity index (χ0) is 13.8. The second-order valence-electron chi connectivity index (χ2n) is 3.69. The second-order valence-corrected chi connectivity index (χ2v) is 3.69. The van der Waals surface area contributed by atoms with E-state index in [0.29, 0.717) is 11.4 Å². The summed E-state index contributed by atoms with van der Waals surface area (Å²) in [6.07, 6.45) is 2.70. The Labute approximate surface area is 108 Å². The van der Waals surface area contributed by atoms with E-state index in [0.717, 1.165) is 0 Å². The molecule has 0 unspecified atom stereocenters. The molecule has 0 saturated carbocycles. The number of aromatic nitrogens is 5. The number of hydrogen-bond donors (Lipinski definition) is 3. The van der Waals surface area contributed by atoms with E-state index in [2.05, 4.69) is 35.9 Å². The van der Waals surface area contributed by atoms with Crippen molar-refractivity contribution in [2.75, 3.05) is 10.7 Å². The summed E-state index contributed by atoms with van der Waals surface area (Å²) < 4.78 is 0. The topological polar surface area (TPSA) is 132 Å². The fraction of sp³-hybridized carbons (Fsp3) is 0.200. The molecule has 0 bridgehead atoms. The summed E-state index contributed by atoms with van der Waals surface area (Å²) in [4.78, 5) is 23.7. The molecule has 2 heterocycles. The molecule has 2 rings (SSSR count). The lowest BCUT2D eigenvalue weighted by Gasteiger charge is -2.05. The van der Waals surface area contributed by atoms with Gasteiger partial charge in [-0.15, -0.1) is 5.10 Å². The monoisotopic (exact) mass is 260 g/mol. The van der Waals surface area contributed by atoms with Gasteiger partial charge in [-0.1, -0.05) is 0 Å². The molecule has 19 heavy (non-hydrogen) atoms. The average Bonchev–Trinajstić information content (AvgIpc) is 2.43. The van der Waals surface area contributed by atoms with Crippen LogP contribution in [-0.2, 0) is 0 Å². The van der Waals surface area contributed by atoms with Crippen molar-refractivity contribution in [2.24, 2.45) is 5.84 Å². The van der Waals surface area contributed by atoms with Gasteiger partial charge in [-0.05, 0) is 13.8 Å². The van der Waals surface area contributed by atoms with Crippen LogP contribution in [0.15, 0.2) is 12.4 Å². The van der Waals surface area contributed by atoms with Crippen molar-refractivity contribution < 1.29 is 4.79 Å². The van der Waals surface area contributed by atoms with Crippen LogP contribution in [0.1, 0.15) is 21.9 Å². The Balaban J connectivity index is 2.18. The van der Waals surface area contributed by atoms with Crippen LogP contribution < -0.4 is 16.6 Å². The van der Waals surface area contributed by atoms with Crippen molar-refractivity contribution in [1.82, 2.24) is 25.1 Å². The summed E-state index contributed by atoms with van der Waals surface area (Å²) in [5.74, 6) is 5.09. The van der Waals surface area contributed by atoms with Crippen molar-refractivity contribution in [3.8, 4) is 0 Å². The zero-order valence-corrected chi connectivity index (χ0v) is 10.4. The van der Waals surface area contributed by atoms with Crippen LogP contribution in [0.5, 0.6) is 0 Å². The summed E-state index contributed by atoms with van der Waals surface area (Å²) in [6.45, 7) is 3.56. The van der Waals surface area contributed by atoms with Gasteiger partial charge in [0.15, 0.2) is 5.82 Å². The van der Waals surface area contributed by atoms with Gasteiger partial charge in [0.05, 0.1) is 23.8 Å². The number of carbonyl (C=O) groups is 1. The van der Waals surface area contributed by atoms with Crippen LogP contribution in [0.3, 0.4) is 0 Å². The molecule has 1 amide bonds. The Morgan fingerprint density at radius 2 is 1.95 bits per heavy atom. The van der Waals surface area contributed by atoms with Crippen LogP contribution in [0.25, 0.3) is 0 Å². The highest BCUT2D eigenvalue weighted by atomic mass is 16.2. The number of nitrogens with zero attached hydrogens (tertiary/aromatic N) is 5. The van der Waals surface area contributed by atoms with Gasteiger partial charge in [0, 0.05) is 0 Å². The van der Waals surface area contributed by atoms with E-state index in [1.54, 1.807) is 13.8 Å². The number of carbonyl (C=O) groups excluding carboxylic acids is 1. The molecule has 4 N–H and O–H groups in total. The number of nitrogen functional groups attached to an aromatic ring is 1. The first-order chi connectivity index (χ1) is 9.10. The van der Waals surface area contributed by atoms with Gasteiger partial charge in [0.25, 0.3) is 5.91 Å². The SMILES string of the molecule is Cc1nnc(NC(=O)c2cncc(NN)n2)nc1C. The molecule has 0 fully saturated rings. The molecule has 0 spiro atoms. The fourth-order valence-electron chi connectivity index (χ4n) is 1.22. The highest BCUT2D eigenvalue weighted by Crippen LogP contribution is 2.05. The third-order valence-electron chi connectivity index (χ3n) is 2.33. The Kier molecular flexibility index (Phi) is 3.57. The minimum absolute atomic E-state index is 0.0947. The van der Waals surface area contributed by atoms with Gasteiger partial charge in [0.2, 0.25) is 5.95 Å². The Hall–Kier alpha value is -2.68. The Morgan fingerprint density at radius 1 is 1.16 bits per heavy atom. The van der Waals surface area contributed by atoms with Crippen LogP contribution in [0.4, 0.5) is 11.8 Å². The number of aryl methyl sites for hydroxylation is 2. The van der Waals surface area contributed by atoms with Crippen LogP contribution >= 0.6 is 0 Å². The third-order valence-corrected chi connectivity index (χ3v) is 2.33. The number of rotatable bonds is 3. The molecule has 0 aliphatic heterocycles. The lowest BCUT2D eigenvalue weighted by Crippen LogP contribution is -2.18. The standard InChI is InChI=1S/C10H12N8O/c1-5-6(2)17-18-10(13-5)15-9(19)7-3-12-4-8(14-7)16-11/h3-4H,11H2,1-2H3,(H,14,16)(H,13,15,18,19). The first-order valence-corrected chi connectivity index (χ1v) is 5.38. The van der Waals surface area contributed by atoms with Crippen LogP contribution in [0, 0.1) is 13.8 Å². The lowest BCUT2D eigenvalue weighted by molar-refractivity contribution is 0.102. The van der Waals surface area contributed by atoms with E-state index in [9.17, 15) is 4.79 Å². The van der Waals surface area contributed by atoms with E-state index in [-0.39, 0.29) is 17.5 Å². The average molecular weight is 260 g/mol. The van der Waals surface area contributed by atoms with E-state index < -0.39 is 5.91 Å². The van der Waals surface area contributed by atoms with Crippen LogP contribution in [0.2, 0.25) is 0 Å². The number of hydrazine groups is 1. The largest absolute Gasteiger partial charge is 0.307 e. The highest BCUT2D eigenvalue weighted by Gasteiger charge is 2.11. The number of hydrogen-bond acceptors (Lipinski definition) is 8. The zero-order valence-electron chi connectivity index (χ0n) is 10.4. The van der Waals surface area contributed by atoms with Crippen molar-refractivity contribution in [3.63, 3.8) is 0 Å². The molecule has 0 aliphatic rings. The Morgan fingerprint density at radius 3 is 2.63 bits per heavy atom. The quantitative estimate of drug-likeness (QED) is 0.511. The fourth-order valence-corrected chi connectivity index (χ4v) is 1.22. The Bertz CT molecular complexity index is 614.